The molecule has 0 aromatic heterocycles. The van der Waals surface area contributed by atoms with E-state index in [1.807, 2.05) is 0 Å². The molecule has 0 amide bonds. The van der Waals surface area contributed by atoms with Gasteiger partial charge in [0.25, 0.3) is 0 Å². The van der Waals surface area contributed by atoms with E-state index >= 15 is 0 Å². The Labute approximate surface area is 61.0 Å². The number of rotatable bonds is 0. The van der Waals surface area contributed by atoms with Crippen molar-refractivity contribution >= 4 is 8.60 Å². The molecule has 3 nitrogen and oxygen atoms in total. The van der Waals surface area contributed by atoms with Crippen LogP contribution in [0.25, 0.3) is 0 Å². The number of hydrogen-bond acceptors (Lipinski definition) is 3. The third-order valence-corrected chi connectivity index (χ3v) is 0. The standard InChI is InChI=1S/Dy.H3O3P/c;1-4(2)3/h;1-3H. The zero-order valence-electron chi connectivity index (χ0n) is 2.11. The topological polar surface area (TPSA) is 60.7 Å². The maximum atomic E-state index is 7.23. The van der Waals surface area contributed by atoms with Crippen molar-refractivity contribution in [2.75, 3.05) is 0 Å². The van der Waals surface area contributed by atoms with E-state index in [-0.39, 0.29) is 38.2 Å². The predicted molar refractivity (Wildman–Crippen MR) is 13.6 cm³/mol. The van der Waals surface area contributed by atoms with E-state index in [1.165, 1.54) is 0 Å². The Bertz CT molecular complexity index is 11.6. The van der Waals surface area contributed by atoms with Gasteiger partial charge in [0.2, 0.25) is 0 Å². The summed E-state index contributed by atoms with van der Waals surface area (Å²) < 4.78 is 0. The Morgan fingerprint density at radius 1 is 1.00 bits per heavy atom. The van der Waals surface area contributed by atoms with Gasteiger partial charge in [0.1, 0.15) is 0 Å². The molecule has 3 N–H and O–H groups in total. The molecule has 0 saturated carbocycles. The van der Waals surface area contributed by atoms with Crippen LogP contribution in [0, 0.1) is 38.2 Å². The van der Waals surface area contributed by atoms with Crippen LogP contribution in [-0.2, 0) is 0 Å². The average Bonchev–Trinajstić information content (AvgIpc) is 0.811. The molecule has 0 aliphatic heterocycles. The minimum Gasteiger partial charge on any atom is -0.328 e. The molecule has 0 atom stereocenters. The van der Waals surface area contributed by atoms with Crippen LogP contribution in [0.4, 0.5) is 0 Å². The van der Waals surface area contributed by atoms with Crippen molar-refractivity contribution in [2.24, 2.45) is 0 Å². The average molecular weight is 244 g/mol. The zero-order chi connectivity index (χ0) is 3.58. The zero-order valence-corrected chi connectivity index (χ0v) is 5.03. The minimum atomic E-state index is -2.62. The molecular weight excluding hydrogens is 241 g/mol. The summed E-state index contributed by atoms with van der Waals surface area (Å²) in [5, 5.41) is 0. The summed E-state index contributed by atoms with van der Waals surface area (Å²) in [6.45, 7) is 0. The van der Waals surface area contributed by atoms with Crippen molar-refractivity contribution < 1.29 is 52.9 Å². The molecular formula is H3DyO3P. The van der Waals surface area contributed by atoms with Crippen molar-refractivity contribution in [2.45, 2.75) is 0 Å². The predicted octanol–water partition coefficient (Wildman–Crippen LogP) is -0.810. The second-order valence-corrected chi connectivity index (χ2v) is 0.805. The van der Waals surface area contributed by atoms with Crippen LogP contribution in [0.5, 0.6) is 0 Å². The van der Waals surface area contributed by atoms with Crippen molar-refractivity contribution in [1.29, 1.82) is 0 Å². The van der Waals surface area contributed by atoms with Crippen LogP contribution < -0.4 is 0 Å². The fourth-order valence-electron chi connectivity index (χ4n) is 0. The monoisotopic (exact) mass is 246 g/mol. The Morgan fingerprint density at radius 3 is 1.00 bits per heavy atom. The van der Waals surface area contributed by atoms with Gasteiger partial charge >= 0.3 is 8.60 Å². The van der Waals surface area contributed by atoms with Gasteiger partial charge in [0, 0.05) is 38.2 Å². The molecule has 36 valence electrons. The van der Waals surface area contributed by atoms with Crippen LogP contribution in [0.2, 0.25) is 0 Å². The summed E-state index contributed by atoms with van der Waals surface area (Å²) in [5.74, 6) is 0. The summed E-state index contributed by atoms with van der Waals surface area (Å²) >= 11 is 0. The molecule has 0 unspecified atom stereocenters. The molecule has 0 saturated heterocycles. The molecule has 0 bridgehead atoms. The van der Waals surface area contributed by atoms with Gasteiger partial charge in [-0.15, -0.1) is 0 Å². The van der Waals surface area contributed by atoms with Gasteiger partial charge in [-0.2, -0.15) is 0 Å². The summed E-state index contributed by atoms with van der Waals surface area (Å²) in [7, 11) is -2.62. The molecule has 0 rings (SSSR count). The molecule has 0 aliphatic rings. The van der Waals surface area contributed by atoms with Gasteiger partial charge < -0.3 is 14.7 Å². The maximum Gasteiger partial charge on any atom is 0.324 e. The van der Waals surface area contributed by atoms with Gasteiger partial charge in [-0.05, 0) is 0 Å². The molecule has 0 aliphatic carbocycles. The van der Waals surface area contributed by atoms with E-state index in [0.717, 1.165) is 0 Å². The second-order valence-electron chi connectivity index (χ2n) is 0.268. The van der Waals surface area contributed by atoms with Crippen molar-refractivity contribution in [1.82, 2.24) is 0 Å². The third-order valence-electron chi connectivity index (χ3n) is 0. The quantitative estimate of drug-likeness (QED) is 0.489. The fourth-order valence-corrected chi connectivity index (χ4v) is 0. The van der Waals surface area contributed by atoms with E-state index in [1.54, 1.807) is 0 Å². The van der Waals surface area contributed by atoms with E-state index in [9.17, 15) is 0 Å². The Hall–Kier alpha value is 1.58. The first-order valence-electron chi connectivity index (χ1n) is 0.600. The van der Waals surface area contributed by atoms with Gasteiger partial charge in [-0.25, -0.2) is 0 Å². The molecule has 0 aromatic carbocycles. The maximum absolute atomic E-state index is 7.23. The van der Waals surface area contributed by atoms with Crippen molar-refractivity contribution in [3.05, 3.63) is 0 Å². The molecule has 5 heavy (non-hydrogen) atoms. The molecule has 0 heterocycles. The molecule has 0 radical (unpaired) electrons. The SMILES string of the molecule is OP(O)O.[Dy]. The van der Waals surface area contributed by atoms with Crippen LogP contribution in [0.1, 0.15) is 0 Å². The molecule has 0 aromatic rings. The van der Waals surface area contributed by atoms with E-state index in [2.05, 4.69) is 0 Å². The molecule has 5 heteroatoms. The largest absolute Gasteiger partial charge is 0.328 e. The van der Waals surface area contributed by atoms with Crippen LogP contribution in [-0.4, -0.2) is 14.7 Å². The summed E-state index contributed by atoms with van der Waals surface area (Å²) in [6, 6.07) is 0. The Morgan fingerprint density at radius 2 is 1.00 bits per heavy atom. The van der Waals surface area contributed by atoms with E-state index < -0.39 is 8.60 Å². The second kappa shape index (κ2) is 5.58. The first-order chi connectivity index (χ1) is 1.73. The van der Waals surface area contributed by atoms with E-state index in [4.69, 9.17) is 14.7 Å². The van der Waals surface area contributed by atoms with Crippen molar-refractivity contribution in [3.63, 3.8) is 0 Å². The van der Waals surface area contributed by atoms with E-state index in [0.29, 0.717) is 0 Å². The molecule has 0 fully saturated rings. The summed E-state index contributed by atoms with van der Waals surface area (Å²) in [6.07, 6.45) is 0. The van der Waals surface area contributed by atoms with Crippen LogP contribution in [0.3, 0.4) is 0 Å². The van der Waals surface area contributed by atoms with Crippen LogP contribution >= 0.6 is 8.60 Å². The number of hydrogen-bond donors (Lipinski definition) is 3. The Balaban J connectivity index is 0. The summed E-state index contributed by atoms with van der Waals surface area (Å²) in [5.41, 5.74) is 0. The van der Waals surface area contributed by atoms with Crippen LogP contribution in [0.15, 0.2) is 0 Å². The first-order valence-corrected chi connectivity index (χ1v) is 1.80. The fraction of sp³-hybridized carbons (Fsp3) is 0. The van der Waals surface area contributed by atoms with Gasteiger partial charge in [-0.1, -0.05) is 0 Å². The third kappa shape index (κ3) is 28.6. The smallest absolute Gasteiger partial charge is 0.324 e. The Kier molecular flexibility index (Phi) is 10.9. The molecule has 0 spiro atoms. The van der Waals surface area contributed by atoms with Gasteiger partial charge in [0.15, 0.2) is 0 Å². The van der Waals surface area contributed by atoms with Crippen molar-refractivity contribution in [3.8, 4) is 0 Å². The summed E-state index contributed by atoms with van der Waals surface area (Å²) in [4.78, 5) is 21.7. The van der Waals surface area contributed by atoms with Gasteiger partial charge in [-0.3, -0.25) is 0 Å². The minimum absolute atomic E-state index is 0. The van der Waals surface area contributed by atoms with Gasteiger partial charge in [0.05, 0.1) is 0 Å². The first kappa shape index (κ1) is 9.77. The normalized spacial score (nSPS) is 7.20.